The molecular formula is C9H5BrN2S. The smallest absolute Gasteiger partial charge is 0.101 e. The third-order valence-corrected chi connectivity index (χ3v) is 3.96. The Morgan fingerprint density at radius 3 is 2.92 bits per heavy atom. The largest absolute Gasteiger partial charge is 0.398 e. The number of thiophene rings is 1. The minimum absolute atomic E-state index is 0.707. The van der Waals surface area contributed by atoms with Crippen molar-refractivity contribution in [3.8, 4) is 6.07 Å². The topological polar surface area (TPSA) is 49.8 Å². The molecule has 0 bridgehead atoms. The van der Waals surface area contributed by atoms with E-state index >= 15 is 0 Å². The number of nitriles is 1. The van der Waals surface area contributed by atoms with Crippen LogP contribution in [0.3, 0.4) is 0 Å². The second kappa shape index (κ2) is 3.02. The van der Waals surface area contributed by atoms with Gasteiger partial charge >= 0.3 is 0 Å². The van der Waals surface area contributed by atoms with E-state index in [1.165, 1.54) is 11.3 Å². The molecule has 1 aromatic carbocycles. The average molecular weight is 253 g/mol. The molecule has 0 amide bonds. The summed E-state index contributed by atoms with van der Waals surface area (Å²) in [5.74, 6) is 0. The van der Waals surface area contributed by atoms with Crippen molar-refractivity contribution >= 4 is 43.0 Å². The monoisotopic (exact) mass is 252 g/mol. The number of hydrogen-bond acceptors (Lipinski definition) is 3. The fourth-order valence-corrected chi connectivity index (χ4v) is 2.73. The molecule has 0 aliphatic rings. The number of nitrogen functional groups attached to an aromatic ring is 1. The van der Waals surface area contributed by atoms with E-state index in [4.69, 9.17) is 11.0 Å². The third kappa shape index (κ3) is 1.21. The number of fused-ring (bicyclic) bond motifs is 1. The predicted octanol–water partition coefficient (Wildman–Crippen LogP) is 3.12. The fraction of sp³-hybridized carbons (Fsp3) is 0. The summed E-state index contributed by atoms with van der Waals surface area (Å²) in [6.45, 7) is 0. The maximum Gasteiger partial charge on any atom is 0.101 e. The second-order valence-electron chi connectivity index (χ2n) is 2.61. The van der Waals surface area contributed by atoms with E-state index in [2.05, 4.69) is 22.0 Å². The van der Waals surface area contributed by atoms with Crippen LogP contribution in [0.1, 0.15) is 5.56 Å². The Kier molecular flexibility index (Phi) is 1.98. The normalized spacial score (nSPS) is 10.2. The molecule has 13 heavy (non-hydrogen) atoms. The van der Waals surface area contributed by atoms with Crippen LogP contribution in [0.4, 0.5) is 5.69 Å². The van der Waals surface area contributed by atoms with Crippen molar-refractivity contribution < 1.29 is 0 Å². The van der Waals surface area contributed by atoms with Gasteiger partial charge in [-0.05, 0) is 22.0 Å². The van der Waals surface area contributed by atoms with Crippen LogP contribution in [0.5, 0.6) is 0 Å². The van der Waals surface area contributed by atoms with Gasteiger partial charge in [0.15, 0.2) is 0 Å². The molecule has 2 N–H and O–H groups in total. The number of hydrogen-bond donors (Lipinski definition) is 1. The van der Waals surface area contributed by atoms with Gasteiger partial charge in [-0.25, -0.2) is 0 Å². The van der Waals surface area contributed by atoms with Crippen molar-refractivity contribution in [3.63, 3.8) is 0 Å². The van der Waals surface area contributed by atoms with E-state index in [0.29, 0.717) is 11.3 Å². The van der Waals surface area contributed by atoms with Gasteiger partial charge in [0.05, 0.1) is 14.7 Å². The highest BCUT2D eigenvalue weighted by Crippen LogP contribution is 2.35. The maximum absolute atomic E-state index is 8.79. The van der Waals surface area contributed by atoms with Crippen molar-refractivity contribution in [1.29, 1.82) is 5.26 Å². The highest BCUT2D eigenvalue weighted by molar-refractivity contribution is 9.10. The van der Waals surface area contributed by atoms with Gasteiger partial charge in [-0.15, -0.1) is 11.3 Å². The molecule has 0 atom stereocenters. The van der Waals surface area contributed by atoms with Crippen molar-refractivity contribution in [2.45, 2.75) is 0 Å². The standard InChI is InChI=1S/C9H5BrN2S/c10-8-7(12)2-1-6-5(3-11)4-13-9(6)8/h1-2,4H,12H2. The number of rotatable bonds is 0. The van der Waals surface area contributed by atoms with Crippen molar-refractivity contribution in [3.05, 3.63) is 27.5 Å². The summed E-state index contributed by atoms with van der Waals surface area (Å²) >= 11 is 4.93. The molecule has 0 fully saturated rings. The van der Waals surface area contributed by atoms with E-state index in [1.54, 1.807) is 6.07 Å². The molecule has 0 aliphatic carbocycles. The Morgan fingerprint density at radius 2 is 2.23 bits per heavy atom. The highest BCUT2D eigenvalue weighted by atomic mass is 79.9. The first-order chi connectivity index (χ1) is 6.24. The first-order valence-corrected chi connectivity index (χ1v) is 5.26. The fourth-order valence-electron chi connectivity index (χ4n) is 1.17. The SMILES string of the molecule is N#Cc1csc2c(Br)c(N)ccc12. The van der Waals surface area contributed by atoms with E-state index in [-0.39, 0.29) is 0 Å². The minimum atomic E-state index is 0.707. The Balaban J connectivity index is 2.91. The summed E-state index contributed by atoms with van der Waals surface area (Å²) in [6, 6.07) is 5.83. The highest BCUT2D eigenvalue weighted by Gasteiger charge is 2.07. The van der Waals surface area contributed by atoms with Gasteiger partial charge in [0.25, 0.3) is 0 Å². The van der Waals surface area contributed by atoms with Gasteiger partial charge in [-0.1, -0.05) is 6.07 Å². The van der Waals surface area contributed by atoms with E-state index in [9.17, 15) is 0 Å². The first-order valence-electron chi connectivity index (χ1n) is 3.59. The molecule has 0 spiro atoms. The molecule has 4 heteroatoms. The zero-order valence-electron chi connectivity index (χ0n) is 6.54. The lowest BCUT2D eigenvalue weighted by Crippen LogP contribution is -1.85. The molecule has 0 radical (unpaired) electrons. The third-order valence-electron chi connectivity index (χ3n) is 1.83. The Bertz CT molecular complexity index is 510. The Morgan fingerprint density at radius 1 is 1.46 bits per heavy atom. The lowest BCUT2D eigenvalue weighted by atomic mass is 10.2. The van der Waals surface area contributed by atoms with Gasteiger partial charge in [0.1, 0.15) is 6.07 Å². The zero-order valence-corrected chi connectivity index (χ0v) is 8.95. The van der Waals surface area contributed by atoms with Crippen LogP contribution in [-0.4, -0.2) is 0 Å². The molecule has 1 heterocycles. The van der Waals surface area contributed by atoms with E-state index < -0.39 is 0 Å². The summed E-state index contributed by atoms with van der Waals surface area (Å²) in [4.78, 5) is 0. The lowest BCUT2D eigenvalue weighted by Gasteiger charge is -1.98. The zero-order chi connectivity index (χ0) is 9.42. The van der Waals surface area contributed by atoms with E-state index in [1.807, 2.05) is 11.4 Å². The summed E-state index contributed by atoms with van der Waals surface area (Å²) in [6.07, 6.45) is 0. The van der Waals surface area contributed by atoms with Crippen LogP contribution in [0.25, 0.3) is 10.1 Å². The number of nitrogens with two attached hydrogens (primary N) is 1. The number of nitrogens with zero attached hydrogens (tertiary/aromatic N) is 1. The molecule has 0 saturated carbocycles. The van der Waals surface area contributed by atoms with Crippen LogP contribution in [0, 0.1) is 11.3 Å². The lowest BCUT2D eigenvalue weighted by molar-refractivity contribution is 1.52. The van der Waals surface area contributed by atoms with Gasteiger partial charge < -0.3 is 5.73 Å². The second-order valence-corrected chi connectivity index (χ2v) is 4.28. The molecule has 64 valence electrons. The number of halogens is 1. The van der Waals surface area contributed by atoms with Crippen LogP contribution >= 0.6 is 27.3 Å². The van der Waals surface area contributed by atoms with Crippen molar-refractivity contribution in [2.75, 3.05) is 5.73 Å². The van der Waals surface area contributed by atoms with Gasteiger partial charge in [-0.3, -0.25) is 0 Å². The Labute approximate surface area is 87.7 Å². The molecule has 0 unspecified atom stereocenters. The minimum Gasteiger partial charge on any atom is -0.398 e. The number of benzene rings is 1. The predicted molar refractivity (Wildman–Crippen MR) is 58.7 cm³/mol. The molecule has 2 nitrogen and oxygen atoms in total. The molecule has 2 rings (SSSR count). The summed E-state index contributed by atoms with van der Waals surface area (Å²) in [7, 11) is 0. The van der Waals surface area contributed by atoms with Crippen molar-refractivity contribution in [1.82, 2.24) is 0 Å². The summed E-state index contributed by atoms with van der Waals surface area (Å²) < 4.78 is 1.92. The van der Waals surface area contributed by atoms with Gasteiger partial charge in [-0.2, -0.15) is 5.26 Å². The summed E-state index contributed by atoms with van der Waals surface area (Å²) in [5, 5.41) is 11.6. The maximum atomic E-state index is 8.79. The van der Waals surface area contributed by atoms with Crippen LogP contribution in [0.2, 0.25) is 0 Å². The molecule has 1 aromatic heterocycles. The first kappa shape index (κ1) is 8.54. The average Bonchev–Trinajstić information content (AvgIpc) is 2.55. The van der Waals surface area contributed by atoms with Crippen LogP contribution < -0.4 is 5.73 Å². The van der Waals surface area contributed by atoms with Crippen LogP contribution in [0.15, 0.2) is 22.0 Å². The van der Waals surface area contributed by atoms with Gasteiger partial charge in [0.2, 0.25) is 0 Å². The number of anilines is 1. The Hall–Kier alpha value is -1.05. The molecule has 0 saturated heterocycles. The van der Waals surface area contributed by atoms with Crippen LogP contribution in [-0.2, 0) is 0 Å². The molecule has 0 aliphatic heterocycles. The molecule has 2 aromatic rings. The summed E-state index contributed by atoms with van der Waals surface area (Å²) in [5.41, 5.74) is 7.13. The van der Waals surface area contributed by atoms with E-state index in [0.717, 1.165) is 14.6 Å². The molecular weight excluding hydrogens is 248 g/mol. The quantitative estimate of drug-likeness (QED) is 0.733. The van der Waals surface area contributed by atoms with Gasteiger partial charge in [0, 0.05) is 16.5 Å². The van der Waals surface area contributed by atoms with Crippen molar-refractivity contribution in [2.24, 2.45) is 0 Å².